The predicted octanol–water partition coefficient (Wildman–Crippen LogP) is 2.45. The maximum Gasteiger partial charge on any atom is 0.128 e. The third-order valence-electron chi connectivity index (χ3n) is 3.56. The molecule has 1 aliphatic rings. The van der Waals surface area contributed by atoms with Gasteiger partial charge in [0.15, 0.2) is 0 Å². The summed E-state index contributed by atoms with van der Waals surface area (Å²) in [4.78, 5) is 7.01. The largest absolute Gasteiger partial charge is 0.356 e. The first kappa shape index (κ1) is 13.3. The van der Waals surface area contributed by atoms with Gasteiger partial charge >= 0.3 is 0 Å². The summed E-state index contributed by atoms with van der Waals surface area (Å²) >= 11 is 0. The highest BCUT2D eigenvalue weighted by atomic mass is 15.2. The van der Waals surface area contributed by atoms with E-state index in [1.54, 1.807) is 0 Å². The summed E-state index contributed by atoms with van der Waals surface area (Å²) in [5, 5.41) is 0. The van der Waals surface area contributed by atoms with Crippen LogP contribution >= 0.6 is 0 Å². The molecular formula is C15H25N3. The van der Waals surface area contributed by atoms with Crippen molar-refractivity contribution < 1.29 is 0 Å². The van der Waals surface area contributed by atoms with Gasteiger partial charge in [-0.2, -0.15) is 0 Å². The highest BCUT2D eigenvalue weighted by Gasteiger charge is 2.22. The lowest BCUT2D eigenvalue weighted by Gasteiger charge is -2.35. The zero-order valence-corrected chi connectivity index (χ0v) is 11.8. The first-order valence-corrected chi connectivity index (χ1v) is 7.00. The standard InChI is InChI=1S/C15H25N3/c1-11-6-12(2)10-18(9-11)15-5-4-14(8-17-15)7-13(3)16/h4-5,8,11-13H,6-7,9-10,16H2,1-3H3. The molecule has 2 heterocycles. The summed E-state index contributed by atoms with van der Waals surface area (Å²) in [5.74, 6) is 2.64. The molecule has 3 unspecified atom stereocenters. The number of piperidine rings is 1. The van der Waals surface area contributed by atoms with Gasteiger partial charge in [0.25, 0.3) is 0 Å². The van der Waals surface area contributed by atoms with Gasteiger partial charge in [-0.1, -0.05) is 19.9 Å². The van der Waals surface area contributed by atoms with Crippen LogP contribution < -0.4 is 10.6 Å². The highest BCUT2D eigenvalue weighted by molar-refractivity contribution is 5.40. The van der Waals surface area contributed by atoms with E-state index in [0.29, 0.717) is 0 Å². The van der Waals surface area contributed by atoms with Crippen LogP contribution in [0.2, 0.25) is 0 Å². The molecule has 0 bridgehead atoms. The lowest BCUT2D eigenvalue weighted by atomic mass is 9.92. The molecule has 2 N–H and O–H groups in total. The average molecular weight is 247 g/mol. The molecule has 3 heteroatoms. The molecule has 1 saturated heterocycles. The van der Waals surface area contributed by atoms with E-state index in [9.17, 15) is 0 Å². The Morgan fingerprint density at radius 3 is 2.50 bits per heavy atom. The van der Waals surface area contributed by atoms with Crippen molar-refractivity contribution in [3.63, 3.8) is 0 Å². The number of hydrogen-bond donors (Lipinski definition) is 1. The van der Waals surface area contributed by atoms with Crippen LogP contribution in [0, 0.1) is 11.8 Å². The smallest absolute Gasteiger partial charge is 0.128 e. The second kappa shape index (κ2) is 5.70. The molecule has 2 rings (SSSR count). The molecule has 1 aromatic rings. The summed E-state index contributed by atoms with van der Waals surface area (Å²) in [6, 6.07) is 4.51. The van der Waals surface area contributed by atoms with E-state index in [2.05, 4.69) is 35.9 Å². The summed E-state index contributed by atoms with van der Waals surface area (Å²) in [7, 11) is 0. The molecule has 1 fully saturated rings. The number of nitrogens with two attached hydrogens (primary N) is 1. The molecule has 0 saturated carbocycles. The van der Waals surface area contributed by atoms with Crippen molar-refractivity contribution in [1.29, 1.82) is 0 Å². The van der Waals surface area contributed by atoms with Gasteiger partial charge in [0.05, 0.1) is 0 Å². The molecule has 0 spiro atoms. The maximum absolute atomic E-state index is 5.80. The number of rotatable bonds is 3. The van der Waals surface area contributed by atoms with Gasteiger partial charge < -0.3 is 10.6 Å². The average Bonchev–Trinajstić information content (AvgIpc) is 2.27. The second-order valence-electron chi connectivity index (χ2n) is 6.06. The number of hydrogen-bond acceptors (Lipinski definition) is 3. The zero-order valence-electron chi connectivity index (χ0n) is 11.8. The number of anilines is 1. The lowest BCUT2D eigenvalue weighted by Crippen LogP contribution is -2.39. The number of nitrogens with zero attached hydrogens (tertiary/aromatic N) is 2. The quantitative estimate of drug-likeness (QED) is 0.892. The third-order valence-corrected chi connectivity index (χ3v) is 3.56. The van der Waals surface area contributed by atoms with E-state index in [-0.39, 0.29) is 6.04 Å². The molecule has 1 aromatic heterocycles. The van der Waals surface area contributed by atoms with Crippen LogP contribution in [0.1, 0.15) is 32.8 Å². The summed E-state index contributed by atoms with van der Waals surface area (Å²) in [5.41, 5.74) is 7.03. The normalized spacial score (nSPS) is 26.1. The molecule has 3 atom stereocenters. The molecule has 18 heavy (non-hydrogen) atoms. The van der Waals surface area contributed by atoms with Crippen molar-refractivity contribution in [2.45, 2.75) is 39.7 Å². The van der Waals surface area contributed by atoms with Crippen LogP contribution in [0.5, 0.6) is 0 Å². The van der Waals surface area contributed by atoms with Crippen molar-refractivity contribution in [2.75, 3.05) is 18.0 Å². The Bertz CT molecular complexity index is 362. The maximum atomic E-state index is 5.80. The minimum absolute atomic E-state index is 0.202. The number of pyridine rings is 1. The van der Waals surface area contributed by atoms with E-state index < -0.39 is 0 Å². The zero-order chi connectivity index (χ0) is 13.1. The monoisotopic (exact) mass is 247 g/mol. The van der Waals surface area contributed by atoms with Crippen LogP contribution in [0.4, 0.5) is 5.82 Å². The molecular weight excluding hydrogens is 222 g/mol. The van der Waals surface area contributed by atoms with Crippen molar-refractivity contribution in [2.24, 2.45) is 17.6 Å². The molecule has 100 valence electrons. The first-order valence-electron chi connectivity index (χ1n) is 7.00. The summed E-state index contributed by atoms with van der Waals surface area (Å²) in [6.07, 6.45) is 4.21. The second-order valence-corrected chi connectivity index (χ2v) is 6.06. The Hall–Kier alpha value is -1.09. The van der Waals surface area contributed by atoms with Crippen molar-refractivity contribution in [1.82, 2.24) is 4.98 Å². The minimum atomic E-state index is 0.202. The fourth-order valence-corrected chi connectivity index (χ4v) is 2.95. The van der Waals surface area contributed by atoms with Gasteiger partial charge in [0.1, 0.15) is 5.82 Å². The van der Waals surface area contributed by atoms with Crippen LogP contribution in [0.3, 0.4) is 0 Å². The van der Waals surface area contributed by atoms with Crippen molar-refractivity contribution in [3.05, 3.63) is 23.9 Å². The van der Waals surface area contributed by atoms with Crippen LogP contribution in [0.25, 0.3) is 0 Å². The van der Waals surface area contributed by atoms with Gasteiger partial charge in [0, 0.05) is 25.3 Å². The highest BCUT2D eigenvalue weighted by Crippen LogP contribution is 2.24. The fourth-order valence-electron chi connectivity index (χ4n) is 2.95. The van der Waals surface area contributed by atoms with Gasteiger partial charge in [-0.15, -0.1) is 0 Å². The van der Waals surface area contributed by atoms with E-state index in [1.165, 1.54) is 12.0 Å². The first-order chi connectivity index (χ1) is 8.54. The van der Waals surface area contributed by atoms with E-state index in [1.807, 2.05) is 13.1 Å². The molecule has 0 amide bonds. The van der Waals surface area contributed by atoms with E-state index >= 15 is 0 Å². The SMILES string of the molecule is CC(N)Cc1ccc(N2CC(C)CC(C)C2)nc1. The Balaban J connectivity index is 2.04. The lowest BCUT2D eigenvalue weighted by molar-refractivity contribution is 0.355. The fraction of sp³-hybridized carbons (Fsp3) is 0.667. The summed E-state index contributed by atoms with van der Waals surface area (Å²) < 4.78 is 0. The molecule has 1 aliphatic heterocycles. The van der Waals surface area contributed by atoms with Crippen LogP contribution in [0.15, 0.2) is 18.3 Å². The van der Waals surface area contributed by atoms with Gasteiger partial charge in [-0.05, 0) is 43.2 Å². The van der Waals surface area contributed by atoms with Crippen molar-refractivity contribution >= 4 is 5.82 Å². The Morgan fingerprint density at radius 2 is 2.00 bits per heavy atom. The van der Waals surface area contributed by atoms with Crippen LogP contribution in [-0.4, -0.2) is 24.1 Å². The minimum Gasteiger partial charge on any atom is -0.356 e. The van der Waals surface area contributed by atoms with Crippen LogP contribution in [-0.2, 0) is 6.42 Å². The number of aromatic nitrogens is 1. The molecule has 0 radical (unpaired) electrons. The third kappa shape index (κ3) is 3.45. The molecule has 3 nitrogen and oxygen atoms in total. The summed E-state index contributed by atoms with van der Waals surface area (Å²) in [6.45, 7) is 8.94. The Morgan fingerprint density at radius 1 is 1.33 bits per heavy atom. The van der Waals surface area contributed by atoms with E-state index in [4.69, 9.17) is 5.73 Å². The molecule has 0 aromatic carbocycles. The van der Waals surface area contributed by atoms with Gasteiger partial charge in [0.2, 0.25) is 0 Å². The molecule has 0 aliphatic carbocycles. The topological polar surface area (TPSA) is 42.1 Å². The van der Waals surface area contributed by atoms with Crippen molar-refractivity contribution in [3.8, 4) is 0 Å². The Kier molecular flexibility index (Phi) is 4.23. The van der Waals surface area contributed by atoms with Gasteiger partial charge in [-0.3, -0.25) is 0 Å². The van der Waals surface area contributed by atoms with Gasteiger partial charge in [-0.25, -0.2) is 4.98 Å². The van der Waals surface area contributed by atoms with E-state index in [0.717, 1.165) is 37.2 Å². The Labute approximate surface area is 110 Å². The predicted molar refractivity (Wildman–Crippen MR) is 76.7 cm³/mol.